The fraction of sp³-hybridized carbons (Fsp3) is 0.571. The van der Waals surface area contributed by atoms with Crippen molar-refractivity contribution in [3.63, 3.8) is 0 Å². The molecule has 2 N–H and O–H groups in total. The van der Waals surface area contributed by atoms with Crippen molar-refractivity contribution in [1.29, 1.82) is 0 Å². The van der Waals surface area contributed by atoms with E-state index >= 15 is 0 Å². The van der Waals surface area contributed by atoms with Gasteiger partial charge in [0.05, 0.1) is 16.2 Å². The van der Waals surface area contributed by atoms with Gasteiger partial charge in [-0.25, -0.2) is 8.42 Å². The zero-order chi connectivity index (χ0) is 13.5. The predicted molar refractivity (Wildman–Crippen MR) is 72.7 cm³/mol. The van der Waals surface area contributed by atoms with Gasteiger partial charge >= 0.3 is 0 Å². The molecule has 0 amide bonds. The van der Waals surface area contributed by atoms with Crippen molar-refractivity contribution in [3.05, 3.63) is 29.8 Å². The molecule has 1 aliphatic heterocycles. The molecule has 0 spiro atoms. The van der Waals surface area contributed by atoms with Gasteiger partial charge in [-0.2, -0.15) is 0 Å². The molecule has 1 saturated carbocycles. The van der Waals surface area contributed by atoms with E-state index in [2.05, 4.69) is 5.32 Å². The first-order chi connectivity index (χ1) is 9.00. The van der Waals surface area contributed by atoms with Crippen LogP contribution in [0.2, 0.25) is 0 Å². The fourth-order valence-electron chi connectivity index (χ4n) is 2.88. The van der Waals surface area contributed by atoms with Gasteiger partial charge in [-0.05, 0) is 37.3 Å². The summed E-state index contributed by atoms with van der Waals surface area (Å²) in [6.07, 6.45) is 3.34. The lowest BCUT2D eigenvalue weighted by Gasteiger charge is -2.38. The van der Waals surface area contributed by atoms with Gasteiger partial charge in [0.15, 0.2) is 9.84 Å². The van der Waals surface area contributed by atoms with Gasteiger partial charge in [0, 0.05) is 12.6 Å². The van der Waals surface area contributed by atoms with Crippen LogP contribution in [0.4, 0.5) is 0 Å². The van der Waals surface area contributed by atoms with Crippen molar-refractivity contribution in [2.75, 3.05) is 12.3 Å². The van der Waals surface area contributed by atoms with E-state index in [0.29, 0.717) is 17.9 Å². The molecule has 1 heterocycles. The quantitative estimate of drug-likeness (QED) is 0.879. The molecule has 1 atom stereocenters. The number of hydrogen-bond donors (Lipinski definition) is 2. The number of hydrogen-bond acceptors (Lipinski definition) is 4. The Morgan fingerprint density at radius 2 is 2.05 bits per heavy atom. The largest absolute Gasteiger partial charge is 0.389 e. The maximum Gasteiger partial charge on any atom is 0.178 e. The number of benzene rings is 1. The standard InChI is InChI=1S/C14H19NO3S/c16-14(7-3-8-14)10-15-12-6-9-19(17,18)13-5-2-1-4-11(12)13/h1-2,4-5,12,15-16H,3,6-10H2. The number of rotatable bonds is 3. The molecule has 1 fully saturated rings. The van der Waals surface area contributed by atoms with E-state index in [1.807, 2.05) is 12.1 Å². The Morgan fingerprint density at radius 3 is 2.74 bits per heavy atom. The zero-order valence-corrected chi connectivity index (χ0v) is 11.6. The Morgan fingerprint density at radius 1 is 1.32 bits per heavy atom. The molecule has 5 heteroatoms. The summed E-state index contributed by atoms with van der Waals surface area (Å²) in [6.45, 7) is 0.548. The van der Waals surface area contributed by atoms with Crippen molar-refractivity contribution < 1.29 is 13.5 Å². The predicted octanol–water partition coefficient (Wildman–Crippen LogP) is 1.41. The monoisotopic (exact) mass is 281 g/mol. The van der Waals surface area contributed by atoms with E-state index in [9.17, 15) is 13.5 Å². The summed E-state index contributed by atoms with van der Waals surface area (Å²) in [7, 11) is -3.12. The number of sulfone groups is 1. The molecular weight excluding hydrogens is 262 g/mol. The molecule has 104 valence electrons. The molecule has 19 heavy (non-hydrogen) atoms. The molecule has 1 aromatic carbocycles. The summed E-state index contributed by atoms with van der Waals surface area (Å²) < 4.78 is 24.0. The zero-order valence-electron chi connectivity index (χ0n) is 10.8. The molecule has 1 unspecified atom stereocenters. The van der Waals surface area contributed by atoms with Crippen molar-refractivity contribution in [3.8, 4) is 0 Å². The van der Waals surface area contributed by atoms with E-state index in [4.69, 9.17) is 0 Å². The normalized spacial score (nSPS) is 27.3. The lowest BCUT2D eigenvalue weighted by Crippen LogP contribution is -2.47. The fourth-order valence-corrected chi connectivity index (χ4v) is 4.50. The molecule has 0 aromatic heterocycles. The minimum atomic E-state index is -3.12. The minimum absolute atomic E-state index is 0.0318. The molecule has 1 aromatic rings. The first-order valence-corrected chi connectivity index (χ1v) is 8.43. The van der Waals surface area contributed by atoms with Crippen LogP contribution < -0.4 is 5.32 Å². The summed E-state index contributed by atoms with van der Waals surface area (Å²) in [5, 5.41) is 13.5. The van der Waals surface area contributed by atoms with Crippen LogP contribution in [0.5, 0.6) is 0 Å². The van der Waals surface area contributed by atoms with Crippen molar-refractivity contribution in [1.82, 2.24) is 5.32 Å². The van der Waals surface area contributed by atoms with Crippen molar-refractivity contribution in [2.24, 2.45) is 0 Å². The minimum Gasteiger partial charge on any atom is -0.389 e. The van der Waals surface area contributed by atoms with Gasteiger partial charge in [-0.3, -0.25) is 0 Å². The first-order valence-electron chi connectivity index (χ1n) is 6.78. The number of fused-ring (bicyclic) bond motifs is 1. The van der Waals surface area contributed by atoms with E-state index in [-0.39, 0.29) is 11.8 Å². The Balaban J connectivity index is 1.80. The smallest absolute Gasteiger partial charge is 0.178 e. The SMILES string of the molecule is O=S1(=O)CCC(NCC2(O)CCC2)c2ccccc21. The maximum atomic E-state index is 12.0. The molecule has 4 nitrogen and oxygen atoms in total. The van der Waals surface area contributed by atoms with Crippen LogP contribution in [0.25, 0.3) is 0 Å². The summed E-state index contributed by atoms with van der Waals surface area (Å²) in [5.74, 6) is 0.181. The first kappa shape index (κ1) is 13.1. The van der Waals surface area contributed by atoms with Gasteiger partial charge in [-0.1, -0.05) is 18.2 Å². The van der Waals surface area contributed by atoms with E-state index in [0.717, 1.165) is 24.8 Å². The molecule has 0 bridgehead atoms. The van der Waals surface area contributed by atoms with Crippen molar-refractivity contribution in [2.45, 2.75) is 42.2 Å². The van der Waals surface area contributed by atoms with Gasteiger partial charge in [0.2, 0.25) is 0 Å². The molecular formula is C14H19NO3S. The lowest BCUT2D eigenvalue weighted by molar-refractivity contribution is -0.0334. The second-order valence-corrected chi connectivity index (χ2v) is 7.73. The number of nitrogens with one attached hydrogen (secondary N) is 1. The molecule has 0 saturated heterocycles. The van der Waals surface area contributed by atoms with Gasteiger partial charge in [0.1, 0.15) is 0 Å². The average Bonchev–Trinajstić information content (AvgIpc) is 2.36. The van der Waals surface area contributed by atoms with E-state index in [1.54, 1.807) is 12.1 Å². The summed E-state index contributed by atoms with van der Waals surface area (Å²) in [6, 6.07) is 7.21. The van der Waals surface area contributed by atoms with Crippen LogP contribution in [0.3, 0.4) is 0 Å². The Bertz CT molecular complexity index is 578. The van der Waals surface area contributed by atoms with Crippen LogP contribution in [0, 0.1) is 0 Å². The van der Waals surface area contributed by atoms with Gasteiger partial charge < -0.3 is 10.4 Å². The Hall–Kier alpha value is -0.910. The highest BCUT2D eigenvalue weighted by molar-refractivity contribution is 7.91. The second-order valence-electron chi connectivity index (χ2n) is 5.66. The molecule has 2 aliphatic rings. The summed E-state index contributed by atoms with van der Waals surface area (Å²) in [5.41, 5.74) is 0.266. The van der Waals surface area contributed by atoms with Gasteiger partial charge in [-0.15, -0.1) is 0 Å². The Kier molecular flexibility index (Phi) is 3.15. The summed E-state index contributed by atoms with van der Waals surface area (Å²) in [4.78, 5) is 0.444. The molecule has 1 aliphatic carbocycles. The van der Waals surface area contributed by atoms with Crippen molar-refractivity contribution >= 4 is 9.84 Å². The Labute approximate surface area is 113 Å². The lowest BCUT2D eigenvalue weighted by atomic mass is 9.80. The topological polar surface area (TPSA) is 66.4 Å². The van der Waals surface area contributed by atoms with Crippen LogP contribution in [-0.2, 0) is 9.84 Å². The highest BCUT2D eigenvalue weighted by Crippen LogP contribution is 2.34. The third-order valence-electron chi connectivity index (χ3n) is 4.27. The third-order valence-corrected chi connectivity index (χ3v) is 6.08. The van der Waals surface area contributed by atoms with Crippen LogP contribution in [-0.4, -0.2) is 31.4 Å². The molecule has 0 radical (unpaired) electrons. The highest BCUT2D eigenvalue weighted by Gasteiger charge is 2.36. The second kappa shape index (κ2) is 4.58. The van der Waals surface area contributed by atoms with E-state index in [1.165, 1.54) is 0 Å². The van der Waals surface area contributed by atoms with Gasteiger partial charge in [0.25, 0.3) is 0 Å². The average molecular weight is 281 g/mol. The van der Waals surface area contributed by atoms with Crippen LogP contribution in [0.1, 0.15) is 37.3 Å². The van der Waals surface area contributed by atoms with Crippen LogP contribution in [0.15, 0.2) is 29.2 Å². The molecule has 3 rings (SSSR count). The van der Waals surface area contributed by atoms with E-state index < -0.39 is 15.4 Å². The highest BCUT2D eigenvalue weighted by atomic mass is 32.2. The number of aliphatic hydroxyl groups is 1. The maximum absolute atomic E-state index is 12.0. The van der Waals surface area contributed by atoms with Crippen LogP contribution >= 0.6 is 0 Å². The summed E-state index contributed by atoms with van der Waals surface area (Å²) >= 11 is 0. The third kappa shape index (κ3) is 2.42.